The zero-order chi connectivity index (χ0) is 21.3. The lowest BCUT2D eigenvalue weighted by Gasteiger charge is -2.33. The summed E-state index contributed by atoms with van der Waals surface area (Å²) >= 11 is 0. The molecule has 1 heterocycles. The number of piperazine rings is 1. The molecule has 0 spiro atoms. The van der Waals surface area contributed by atoms with Gasteiger partial charge in [0.25, 0.3) is 5.91 Å². The summed E-state index contributed by atoms with van der Waals surface area (Å²) in [5.41, 5.74) is 2.35. The van der Waals surface area contributed by atoms with Crippen molar-refractivity contribution < 1.29 is 24.0 Å². The number of nitrogens with zero attached hydrogens (tertiary/aromatic N) is 1. The van der Waals surface area contributed by atoms with Crippen LogP contribution in [0.2, 0.25) is 0 Å². The number of hydrogen-bond acceptors (Lipinski definition) is 5. The number of amides is 1. The van der Waals surface area contributed by atoms with Gasteiger partial charge in [0.1, 0.15) is 5.75 Å². The molecule has 7 heteroatoms. The second-order valence-electron chi connectivity index (χ2n) is 7.37. The molecule has 0 unspecified atom stereocenters. The first kappa shape index (κ1) is 21.6. The highest BCUT2D eigenvalue weighted by Crippen LogP contribution is 2.19. The predicted molar refractivity (Wildman–Crippen MR) is 116 cm³/mol. The van der Waals surface area contributed by atoms with E-state index in [1.807, 2.05) is 19.1 Å². The molecule has 1 fully saturated rings. The van der Waals surface area contributed by atoms with E-state index in [1.165, 1.54) is 10.6 Å². The van der Waals surface area contributed by atoms with E-state index in [-0.39, 0.29) is 11.9 Å². The van der Waals surface area contributed by atoms with E-state index in [0.717, 1.165) is 38.3 Å². The van der Waals surface area contributed by atoms with E-state index < -0.39 is 0 Å². The molecule has 0 atom stereocenters. The maximum Gasteiger partial charge on any atom is 0.338 e. The number of nitrogens with one attached hydrogen (secondary N) is 2. The highest BCUT2D eigenvalue weighted by Gasteiger charge is 2.22. The molecule has 1 amide bonds. The Morgan fingerprint density at radius 3 is 2.30 bits per heavy atom. The molecule has 2 aromatic carbocycles. The van der Waals surface area contributed by atoms with Gasteiger partial charge in [-0.15, -0.1) is 0 Å². The number of methoxy groups -OCH3 is 1. The summed E-state index contributed by atoms with van der Waals surface area (Å²) in [5.74, 6) is 0.490. The molecule has 0 saturated carbocycles. The summed E-state index contributed by atoms with van der Waals surface area (Å²) in [6.45, 7) is 6.41. The van der Waals surface area contributed by atoms with Crippen LogP contribution < -0.4 is 19.9 Å². The molecule has 2 aromatic rings. The quantitative estimate of drug-likeness (QED) is 0.645. The van der Waals surface area contributed by atoms with Gasteiger partial charge in [0, 0.05) is 11.4 Å². The van der Waals surface area contributed by atoms with Crippen LogP contribution in [0, 0.1) is 0 Å². The standard InChI is InChI=1S/C23H29N3O4/c1-3-16-30-23(28)18-4-6-19(7-5-18)24-22(27)17-25-12-14-26(15-13-25)20-8-10-21(29-2)11-9-20/h4-11H,3,12-17H2,1-2H3,(H,24,27)/p+1. The maximum absolute atomic E-state index is 12.4. The monoisotopic (exact) mass is 412 g/mol. The highest BCUT2D eigenvalue weighted by atomic mass is 16.5. The summed E-state index contributed by atoms with van der Waals surface area (Å²) in [7, 11) is 1.66. The minimum absolute atomic E-state index is 0.0239. The molecule has 1 aliphatic heterocycles. The van der Waals surface area contributed by atoms with Crippen LogP contribution in [-0.2, 0) is 9.53 Å². The molecule has 1 saturated heterocycles. The summed E-state index contributed by atoms with van der Waals surface area (Å²) in [6.07, 6.45) is 0.788. The van der Waals surface area contributed by atoms with Crippen LogP contribution >= 0.6 is 0 Å². The molecule has 0 radical (unpaired) electrons. The Labute approximate surface area is 177 Å². The van der Waals surface area contributed by atoms with Gasteiger partial charge in [-0.3, -0.25) is 4.79 Å². The third-order valence-electron chi connectivity index (χ3n) is 5.16. The highest BCUT2D eigenvalue weighted by molar-refractivity contribution is 5.93. The average Bonchev–Trinajstić information content (AvgIpc) is 2.78. The van der Waals surface area contributed by atoms with E-state index in [4.69, 9.17) is 9.47 Å². The second kappa shape index (κ2) is 10.6. The van der Waals surface area contributed by atoms with E-state index in [2.05, 4.69) is 22.3 Å². The first-order chi connectivity index (χ1) is 14.6. The minimum Gasteiger partial charge on any atom is -0.497 e. The van der Waals surface area contributed by atoms with Crippen molar-refractivity contribution in [3.8, 4) is 5.75 Å². The van der Waals surface area contributed by atoms with Crippen molar-refractivity contribution in [2.24, 2.45) is 0 Å². The van der Waals surface area contributed by atoms with Crippen LogP contribution in [0.4, 0.5) is 11.4 Å². The number of carbonyl (C=O) groups excluding carboxylic acids is 2. The van der Waals surface area contributed by atoms with Gasteiger partial charge in [-0.25, -0.2) is 4.79 Å². The summed E-state index contributed by atoms with van der Waals surface area (Å²) in [6, 6.07) is 14.9. The summed E-state index contributed by atoms with van der Waals surface area (Å²) in [4.78, 5) is 27.8. The third-order valence-corrected chi connectivity index (χ3v) is 5.16. The molecule has 0 aromatic heterocycles. The van der Waals surface area contributed by atoms with E-state index in [0.29, 0.717) is 24.4 Å². The number of hydrogen-bond donors (Lipinski definition) is 2. The average molecular weight is 413 g/mol. The second-order valence-corrected chi connectivity index (χ2v) is 7.37. The largest absolute Gasteiger partial charge is 0.497 e. The molecule has 1 aliphatic rings. The molecule has 160 valence electrons. The van der Waals surface area contributed by atoms with Gasteiger partial charge in [-0.05, 0) is 55.0 Å². The molecule has 0 bridgehead atoms. The van der Waals surface area contributed by atoms with Crippen LogP contribution in [0.1, 0.15) is 23.7 Å². The van der Waals surface area contributed by atoms with E-state index >= 15 is 0 Å². The number of benzene rings is 2. The Morgan fingerprint density at radius 1 is 1.03 bits per heavy atom. The Balaban J connectivity index is 1.44. The number of carbonyl (C=O) groups is 2. The Kier molecular flexibility index (Phi) is 7.68. The van der Waals surface area contributed by atoms with Crippen molar-refractivity contribution in [3.63, 3.8) is 0 Å². The lowest BCUT2D eigenvalue weighted by molar-refractivity contribution is -0.892. The van der Waals surface area contributed by atoms with Crippen molar-refractivity contribution in [2.75, 3.05) is 56.7 Å². The van der Waals surface area contributed by atoms with Crippen molar-refractivity contribution in [1.82, 2.24) is 0 Å². The van der Waals surface area contributed by atoms with Crippen molar-refractivity contribution >= 4 is 23.3 Å². The zero-order valence-electron chi connectivity index (χ0n) is 17.6. The van der Waals surface area contributed by atoms with Gasteiger partial charge in [0.05, 0.1) is 45.5 Å². The molecule has 3 rings (SSSR count). The van der Waals surface area contributed by atoms with Gasteiger partial charge in [0.2, 0.25) is 0 Å². The summed E-state index contributed by atoms with van der Waals surface area (Å²) < 4.78 is 10.3. The fourth-order valence-corrected chi connectivity index (χ4v) is 3.45. The maximum atomic E-state index is 12.4. The van der Waals surface area contributed by atoms with Gasteiger partial charge in [0.15, 0.2) is 6.54 Å². The Hall–Kier alpha value is -3.06. The fraction of sp³-hybridized carbons (Fsp3) is 0.391. The number of quaternary nitrogens is 1. The number of ether oxygens (including phenoxy) is 2. The third kappa shape index (κ3) is 5.97. The lowest BCUT2D eigenvalue weighted by Crippen LogP contribution is -3.15. The first-order valence-corrected chi connectivity index (χ1v) is 10.4. The molecule has 7 nitrogen and oxygen atoms in total. The molecular weight excluding hydrogens is 382 g/mol. The van der Waals surface area contributed by atoms with Crippen molar-refractivity contribution in [2.45, 2.75) is 13.3 Å². The Morgan fingerprint density at radius 2 is 1.70 bits per heavy atom. The smallest absolute Gasteiger partial charge is 0.338 e. The van der Waals surface area contributed by atoms with Crippen molar-refractivity contribution in [3.05, 3.63) is 54.1 Å². The minimum atomic E-state index is -0.339. The normalized spacial score (nSPS) is 14.3. The summed E-state index contributed by atoms with van der Waals surface area (Å²) in [5, 5.41) is 2.91. The molecular formula is C23H30N3O4+. The number of anilines is 2. The van der Waals surface area contributed by atoms with Crippen LogP contribution in [0.3, 0.4) is 0 Å². The SMILES string of the molecule is CCCOC(=O)c1ccc(NC(=O)C[NH+]2CCN(c3ccc(OC)cc3)CC2)cc1. The first-order valence-electron chi connectivity index (χ1n) is 10.4. The van der Waals surface area contributed by atoms with E-state index in [1.54, 1.807) is 31.4 Å². The van der Waals surface area contributed by atoms with Gasteiger partial charge in [-0.2, -0.15) is 0 Å². The van der Waals surface area contributed by atoms with Crippen LogP contribution in [-0.4, -0.2) is 58.3 Å². The van der Waals surface area contributed by atoms with Crippen LogP contribution in [0.5, 0.6) is 5.75 Å². The Bertz CT molecular complexity index is 829. The topological polar surface area (TPSA) is 72.3 Å². The fourth-order valence-electron chi connectivity index (χ4n) is 3.45. The molecule has 0 aliphatic carbocycles. The van der Waals surface area contributed by atoms with Gasteiger partial charge >= 0.3 is 5.97 Å². The molecule has 2 N–H and O–H groups in total. The predicted octanol–water partition coefficient (Wildman–Crippen LogP) is 1.61. The van der Waals surface area contributed by atoms with Gasteiger partial charge < -0.3 is 24.6 Å². The zero-order valence-corrected chi connectivity index (χ0v) is 17.6. The van der Waals surface area contributed by atoms with Gasteiger partial charge in [-0.1, -0.05) is 6.92 Å². The van der Waals surface area contributed by atoms with E-state index in [9.17, 15) is 9.59 Å². The van der Waals surface area contributed by atoms with Crippen molar-refractivity contribution in [1.29, 1.82) is 0 Å². The molecule has 30 heavy (non-hydrogen) atoms. The van der Waals surface area contributed by atoms with Crippen LogP contribution in [0.25, 0.3) is 0 Å². The number of rotatable bonds is 8. The van der Waals surface area contributed by atoms with Crippen LogP contribution in [0.15, 0.2) is 48.5 Å². The number of esters is 1. The lowest BCUT2D eigenvalue weighted by atomic mass is 10.2.